The number of ketones is 1. The van der Waals surface area contributed by atoms with E-state index >= 15 is 0 Å². The maximum atomic E-state index is 11.0. The van der Waals surface area contributed by atoms with E-state index in [-0.39, 0.29) is 12.1 Å². The first-order valence-electron chi connectivity index (χ1n) is 4.34. The van der Waals surface area contributed by atoms with E-state index < -0.39 is 0 Å². The first kappa shape index (κ1) is 8.81. The summed E-state index contributed by atoms with van der Waals surface area (Å²) in [6.45, 7) is 1.54. The first-order valence-corrected chi connectivity index (χ1v) is 4.34. The summed E-state index contributed by atoms with van der Waals surface area (Å²) in [6, 6.07) is 7.19. The van der Waals surface area contributed by atoms with Crippen LogP contribution in [-0.4, -0.2) is 5.78 Å². The minimum Gasteiger partial charge on any atom is -0.455 e. The van der Waals surface area contributed by atoms with Crippen LogP contribution in [0, 0.1) is 0 Å². The third-order valence-corrected chi connectivity index (χ3v) is 2.05. The van der Waals surface area contributed by atoms with E-state index in [1.807, 2.05) is 12.1 Å². The molecule has 0 fully saturated rings. The fourth-order valence-corrected chi connectivity index (χ4v) is 1.27. The molecular formula is C11H10O3. The fraction of sp³-hybridized carbons (Fsp3) is 0.182. The molecule has 0 bridgehead atoms. The summed E-state index contributed by atoms with van der Waals surface area (Å²) < 4.78 is 10.3. The van der Waals surface area contributed by atoms with Crippen LogP contribution in [-0.2, 0) is 9.47 Å². The van der Waals surface area contributed by atoms with Crippen molar-refractivity contribution in [3.8, 4) is 0 Å². The van der Waals surface area contributed by atoms with E-state index in [2.05, 4.69) is 0 Å². The standard InChI is InChI=1S/C11H10O3/c1-8(12)9-2-4-10(5-3-9)11-13-6-7-14-11/h2-7,11H,1H3. The molecule has 0 unspecified atom stereocenters. The predicted octanol–water partition coefficient (Wildman–Crippen LogP) is 2.41. The van der Waals surface area contributed by atoms with E-state index in [9.17, 15) is 4.79 Å². The number of benzene rings is 1. The second-order valence-corrected chi connectivity index (χ2v) is 3.05. The normalized spacial score (nSPS) is 14.9. The Kier molecular flexibility index (Phi) is 2.23. The third-order valence-electron chi connectivity index (χ3n) is 2.05. The molecule has 3 nitrogen and oxygen atoms in total. The molecule has 1 aromatic carbocycles. The van der Waals surface area contributed by atoms with E-state index in [4.69, 9.17) is 9.47 Å². The Morgan fingerprint density at radius 2 is 1.71 bits per heavy atom. The van der Waals surface area contributed by atoms with Gasteiger partial charge >= 0.3 is 0 Å². The lowest BCUT2D eigenvalue weighted by molar-refractivity contribution is -0.0246. The molecule has 0 N–H and O–H groups in total. The Hall–Kier alpha value is -1.77. The number of hydrogen-bond acceptors (Lipinski definition) is 3. The zero-order valence-electron chi connectivity index (χ0n) is 7.77. The summed E-state index contributed by atoms with van der Waals surface area (Å²) in [7, 11) is 0. The summed E-state index contributed by atoms with van der Waals surface area (Å²) in [5.41, 5.74) is 1.60. The molecule has 0 radical (unpaired) electrons. The number of carbonyl (C=O) groups excluding carboxylic acids is 1. The van der Waals surface area contributed by atoms with Crippen LogP contribution in [0.4, 0.5) is 0 Å². The number of Topliss-reactive ketones (excluding diaryl/α,β-unsaturated/α-hetero) is 1. The van der Waals surface area contributed by atoms with E-state index in [1.165, 1.54) is 12.5 Å². The van der Waals surface area contributed by atoms with Gasteiger partial charge in [0.2, 0.25) is 0 Å². The minimum atomic E-state index is -0.365. The zero-order valence-corrected chi connectivity index (χ0v) is 7.77. The molecule has 3 heteroatoms. The molecule has 1 aliphatic heterocycles. The lowest BCUT2D eigenvalue weighted by Crippen LogP contribution is -1.99. The van der Waals surface area contributed by atoms with Crippen LogP contribution in [0.5, 0.6) is 0 Å². The third kappa shape index (κ3) is 1.62. The minimum absolute atomic E-state index is 0.0583. The van der Waals surface area contributed by atoms with Gasteiger partial charge in [-0.2, -0.15) is 0 Å². The van der Waals surface area contributed by atoms with Crippen LogP contribution in [0.3, 0.4) is 0 Å². The van der Waals surface area contributed by atoms with Crippen LogP contribution in [0.15, 0.2) is 36.8 Å². The van der Waals surface area contributed by atoms with Crippen molar-refractivity contribution in [3.63, 3.8) is 0 Å². The van der Waals surface area contributed by atoms with Crippen LogP contribution in [0.25, 0.3) is 0 Å². The van der Waals surface area contributed by atoms with Crippen molar-refractivity contribution in [2.75, 3.05) is 0 Å². The van der Waals surface area contributed by atoms with Crippen LogP contribution >= 0.6 is 0 Å². The molecule has 0 saturated carbocycles. The van der Waals surface area contributed by atoms with Crippen molar-refractivity contribution in [2.24, 2.45) is 0 Å². The molecule has 1 aliphatic rings. The van der Waals surface area contributed by atoms with Crippen LogP contribution < -0.4 is 0 Å². The Morgan fingerprint density at radius 1 is 1.14 bits per heavy atom. The predicted molar refractivity (Wildman–Crippen MR) is 50.5 cm³/mol. The van der Waals surface area contributed by atoms with E-state index in [0.29, 0.717) is 5.56 Å². The maximum absolute atomic E-state index is 11.0. The van der Waals surface area contributed by atoms with Gasteiger partial charge < -0.3 is 9.47 Å². The van der Waals surface area contributed by atoms with Gasteiger partial charge in [-0.15, -0.1) is 0 Å². The lowest BCUT2D eigenvalue weighted by Gasteiger charge is -2.10. The Labute approximate surface area is 81.9 Å². The lowest BCUT2D eigenvalue weighted by atomic mass is 10.1. The van der Waals surface area contributed by atoms with Crippen molar-refractivity contribution in [3.05, 3.63) is 47.9 Å². The van der Waals surface area contributed by atoms with Gasteiger partial charge in [-0.3, -0.25) is 4.79 Å². The van der Waals surface area contributed by atoms with Gasteiger partial charge in [0.1, 0.15) is 12.5 Å². The van der Waals surface area contributed by atoms with Crippen LogP contribution in [0.1, 0.15) is 29.1 Å². The molecule has 0 atom stereocenters. The highest BCUT2D eigenvalue weighted by Crippen LogP contribution is 2.23. The molecule has 1 heterocycles. The molecular weight excluding hydrogens is 180 g/mol. The summed E-state index contributed by atoms with van der Waals surface area (Å²) in [4.78, 5) is 11.0. The quantitative estimate of drug-likeness (QED) is 0.672. The van der Waals surface area contributed by atoms with Crippen molar-refractivity contribution in [2.45, 2.75) is 13.2 Å². The van der Waals surface area contributed by atoms with E-state index in [0.717, 1.165) is 5.56 Å². The number of ether oxygens (including phenoxy) is 2. The van der Waals surface area contributed by atoms with E-state index in [1.54, 1.807) is 19.1 Å². The second-order valence-electron chi connectivity index (χ2n) is 3.05. The Balaban J connectivity index is 2.17. The molecule has 14 heavy (non-hydrogen) atoms. The van der Waals surface area contributed by atoms with Gasteiger partial charge in [0.05, 0.1) is 0 Å². The SMILES string of the molecule is CC(=O)c1ccc(C2OC=CO2)cc1. The van der Waals surface area contributed by atoms with Gasteiger partial charge in [0.25, 0.3) is 6.29 Å². The van der Waals surface area contributed by atoms with Crippen molar-refractivity contribution in [1.82, 2.24) is 0 Å². The summed E-state index contributed by atoms with van der Waals surface area (Å²) in [6.07, 6.45) is 2.64. The molecule has 0 saturated heterocycles. The Morgan fingerprint density at radius 3 is 2.21 bits per heavy atom. The van der Waals surface area contributed by atoms with Gasteiger partial charge in [0, 0.05) is 11.1 Å². The van der Waals surface area contributed by atoms with Crippen molar-refractivity contribution in [1.29, 1.82) is 0 Å². The van der Waals surface area contributed by atoms with Crippen molar-refractivity contribution < 1.29 is 14.3 Å². The molecule has 0 aliphatic carbocycles. The average Bonchev–Trinajstić information content (AvgIpc) is 2.71. The summed E-state index contributed by atoms with van der Waals surface area (Å²) in [5, 5.41) is 0. The fourth-order valence-electron chi connectivity index (χ4n) is 1.27. The molecule has 0 amide bonds. The summed E-state index contributed by atoms with van der Waals surface area (Å²) >= 11 is 0. The van der Waals surface area contributed by atoms with Crippen molar-refractivity contribution >= 4 is 5.78 Å². The molecule has 1 aromatic rings. The van der Waals surface area contributed by atoms with Crippen LogP contribution in [0.2, 0.25) is 0 Å². The van der Waals surface area contributed by atoms with Gasteiger partial charge in [-0.05, 0) is 6.92 Å². The van der Waals surface area contributed by atoms with Gasteiger partial charge in [-0.1, -0.05) is 24.3 Å². The van der Waals surface area contributed by atoms with Gasteiger partial charge in [0.15, 0.2) is 5.78 Å². The molecule has 2 rings (SSSR count). The largest absolute Gasteiger partial charge is 0.455 e. The molecule has 0 spiro atoms. The maximum Gasteiger partial charge on any atom is 0.266 e. The average molecular weight is 190 g/mol. The highest BCUT2D eigenvalue weighted by molar-refractivity contribution is 5.93. The highest BCUT2D eigenvalue weighted by atomic mass is 16.7. The second kappa shape index (κ2) is 3.54. The first-order chi connectivity index (χ1) is 6.77. The number of rotatable bonds is 2. The molecule has 0 aromatic heterocycles. The summed E-state index contributed by atoms with van der Waals surface area (Å²) in [5.74, 6) is 0.0583. The Bertz CT molecular complexity index is 357. The smallest absolute Gasteiger partial charge is 0.266 e. The number of carbonyl (C=O) groups is 1. The molecule has 72 valence electrons. The highest BCUT2D eigenvalue weighted by Gasteiger charge is 2.14. The monoisotopic (exact) mass is 190 g/mol. The van der Waals surface area contributed by atoms with Gasteiger partial charge in [-0.25, -0.2) is 0 Å². The zero-order chi connectivity index (χ0) is 9.97. The topological polar surface area (TPSA) is 35.5 Å². The number of hydrogen-bond donors (Lipinski definition) is 0.